The molecule has 2 aromatic carbocycles. The molecule has 2 aromatic heterocycles. The lowest BCUT2D eigenvalue weighted by Crippen LogP contribution is -2.32. The Balaban J connectivity index is 1.56. The molecule has 1 amide bonds. The topological polar surface area (TPSA) is 113 Å². The number of rotatable bonds is 6. The van der Waals surface area contributed by atoms with Crippen LogP contribution in [-0.4, -0.2) is 25.7 Å². The minimum absolute atomic E-state index is 0.0891. The second-order valence-electron chi connectivity index (χ2n) is 7.20. The van der Waals surface area contributed by atoms with Crippen LogP contribution >= 0.6 is 0 Å². The molecule has 4 rings (SSSR count). The average Bonchev–Trinajstić information content (AvgIpc) is 3.22. The Morgan fingerprint density at radius 1 is 1.06 bits per heavy atom. The van der Waals surface area contributed by atoms with Gasteiger partial charge >= 0.3 is 5.69 Å². The van der Waals surface area contributed by atoms with Crippen molar-refractivity contribution in [3.05, 3.63) is 111 Å². The number of hydrogen-bond acceptors (Lipinski definition) is 4. The molecule has 3 N–H and O–H groups in total. The van der Waals surface area contributed by atoms with E-state index in [-0.39, 0.29) is 11.7 Å². The molecule has 0 saturated carbocycles. The van der Waals surface area contributed by atoms with Crippen LogP contribution in [0, 0.1) is 0 Å². The maximum Gasteiger partial charge on any atom is 0.326 e. The number of benzene rings is 2. The Labute approximate surface area is 177 Å². The minimum atomic E-state index is -0.725. The van der Waals surface area contributed by atoms with Crippen LogP contribution in [0.2, 0.25) is 0 Å². The number of amides is 1. The van der Waals surface area contributed by atoms with E-state index in [1.165, 1.54) is 0 Å². The summed E-state index contributed by atoms with van der Waals surface area (Å²) in [5, 5.41) is 7.30. The molecule has 8 heteroatoms. The van der Waals surface area contributed by atoms with Gasteiger partial charge in [-0.15, -0.1) is 0 Å². The summed E-state index contributed by atoms with van der Waals surface area (Å²) in [6.45, 7) is 2.50. The first-order valence-electron chi connectivity index (χ1n) is 9.80. The van der Waals surface area contributed by atoms with Gasteiger partial charge in [-0.3, -0.25) is 19.3 Å². The first-order valence-corrected chi connectivity index (χ1v) is 9.80. The van der Waals surface area contributed by atoms with Crippen LogP contribution < -0.4 is 16.6 Å². The summed E-state index contributed by atoms with van der Waals surface area (Å²) in [7, 11) is 0. The molecule has 0 radical (unpaired) electrons. The van der Waals surface area contributed by atoms with Gasteiger partial charge in [0, 0.05) is 17.8 Å². The Bertz CT molecular complexity index is 1290. The van der Waals surface area contributed by atoms with Crippen molar-refractivity contribution >= 4 is 5.91 Å². The van der Waals surface area contributed by atoms with Crippen LogP contribution in [0.25, 0.3) is 11.1 Å². The smallest absolute Gasteiger partial charge is 0.326 e. The fourth-order valence-corrected chi connectivity index (χ4v) is 3.44. The van der Waals surface area contributed by atoms with Crippen molar-refractivity contribution in [1.82, 2.24) is 25.1 Å². The maximum atomic E-state index is 12.5. The third-order valence-corrected chi connectivity index (χ3v) is 4.91. The van der Waals surface area contributed by atoms with Crippen molar-refractivity contribution in [2.45, 2.75) is 19.5 Å². The first kappa shape index (κ1) is 20.1. The predicted octanol–water partition coefficient (Wildman–Crippen LogP) is 2.47. The maximum absolute atomic E-state index is 12.5. The Hall–Kier alpha value is -4.20. The van der Waals surface area contributed by atoms with Gasteiger partial charge in [0.1, 0.15) is 5.69 Å². The Kier molecular flexibility index (Phi) is 5.61. The van der Waals surface area contributed by atoms with E-state index in [9.17, 15) is 14.4 Å². The molecule has 1 atom stereocenters. The summed E-state index contributed by atoms with van der Waals surface area (Å²) in [6.07, 6.45) is 3.76. The lowest BCUT2D eigenvalue weighted by atomic mass is 9.97. The number of aromatic nitrogens is 4. The molecule has 2 heterocycles. The van der Waals surface area contributed by atoms with Crippen molar-refractivity contribution < 1.29 is 4.79 Å². The van der Waals surface area contributed by atoms with Gasteiger partial charge in [0.2, 0.25) is 0 Å². The van der Waals surface area contributed by atoms with Crippen molar-refractivity contribution in [2.24, 2.45) is 0 Å². The molecular formula is C23H21N5O3. The van der Waals surface area contributed by atoms with Crippen LogP contribution in [-0.2, 0) is 6.54 Å². The summed E-state index contributed by atoms with van der Waals surface area (Å²) in [6, 6.07) is 18.5. The molecule has 0 aliphatic rings. The highest BCUT2D eigenvalue weighted by Gasteiger charge is 2.17. The van der Waals surface area contributed by atoms with Gasteiger partial charge in [0.05, 0.1) is 18.8 Å². The number of nitrogens with one attached hydrogen (secondary N) is 3. The van der Waals surface area contributed by atoms with E-state index in [1.807, 2.05) is 77.4 Å². The zero-order chi connectivity index (χ0) is 21.8. The standard InChI is InChI=1S/C23H21N5O3/c1-15(25-22(30)20-11-21(29)27-23(31)26-20)18-9-5-6-10-19(18)17-12-24-28(14-17)13-16-7-3-2-4-8-16/h2-12,14-15H,13H2,1H3,(H,25,30)(H2,26,27,29,31). The van der Waals surface area contributed by atoms with Crippen molar-refractivity contribution in [2.75, 3.05) is 0 Å². The van der Waals surface area contributed by atoms with Gasteiger partial charge < -0.3 is 10.3 Å². The van der Waals surface area contributed by atoms with Gasteiger partial charge in [0.25, 0.3) is 11.5 Å². The second kappa shape index (κ2) is 8.66. The van der Waals surface area contributed by atoms with Crippen molar-refractivity contribution in [3.63, 3.8) is 0 Å². The molecule has 1 unspecified atom stereocenters. The van der Waals surface area contributed by atoms with Gasteiger partial charge in [-0.2, -0.15) is 5.10 Å². The molecule has 8 nitrogen and oxygen atoms in total. The van der Waals surface area contributed by atoms with E-state index < -0.39 is 17.2 Å². The summed E-state index contributed by atoms with van der Waals surface area (Å²) >= 11 is 0. The normalized spacial score (nSPS) is 11.8. The van der Waals surface area contributed by atoms with Crippen LogP contribution in [0.3, 0.4) is 0 Å². The van der Waals surface area contributed by atoms with E-state index in [2.05, 4.69) is 15.4 Å². The van der Waals surface area contributed by atoms with Crippen LogP contribution in [0.15, 0.2) is 82.6 Å². The molecule has 0 aliphatic carbocycles. The molecule has 0 bridgehead atoms. The third kappa shape index (κ3) is 4.69. The van der Waals surface area contributed by atoms with Crippen molar-refractivity contribution in [3.8, 4) is 11.1 Å². The SMILES string of the molecule is CC(NC(=O)c1cc(=O)[nH]c(=O)[nH]1)c1ccccc1-c1cnn(Cc2ccccc2)c1. The molecule has 0 saturated heterocycles. The molecule has 156 valence electrons. The summed E-state index contributed by atoms with van der Waals surface area (Å²) in [5.41, 5.74) is 2.46. The summed E-state index contributed by atoms with van der Waals surface area (Å²) in [4.78, 5) is 39.8. The lowest BCUT2D eigenvalue weighted by molar-refractivity contribution is 0.0934. The van der Waals surface area contributed by atoms with E-state index >= 15 is 0 Å². The monoisotopic (exact) mass is 415 g/mol. The summed E-state index contributed by atoms with van der Waals surface area (Å²) in [5.74, 6) is -0.537. The lowest BCUT2D eigenvalue weighted by Gasteiger charge is -2.17. The zero-order valence-corrected chi connectivity index (χ0v) is 16.8. The van der Waals surface area contributed by atoms with E-state index in [1.54, 1.807) is 6.20 Å². The number of hydrogen-bond donors (Lipinski definition) is 3. The Morgan fingerprint density at radius 3 is 2.58 bits per heavy atom. The molecule has 0 aliphatic heterocycles. The first-order chi connectivity index (χ1) is 15.0. The minimum Gasteiger partial charge on any atom is -0.344 e. The fraction of sp³-hybridized carbons (Fsp3) is 0.130. The number of carbonyl (C=O) groups excluding carboxylic acids is 1. The van der Waals surface area contributed by atoms with Gasteiger partial charge in [-0.1, -0.05) is 54.6 Å². The van der Waals surface area contributed by atoms with E-state index in [4.69, 9.17) is 0 Å². The number of aromatic amines is 2. The van der Waals surface area contributed by atoms with Gasteiger partial charge in [0.15, 0.2) is 0 Å². The highest BCUT2D eigenvalue weighted by Crippen LogP contribution is 2.28. The molecule has 4 aromatic rings. The quantitative estimate of drug-likeness (QED) is 0.449. The number of H-pyrrole nitrogens is 2. The predicted molar refractivity (Wildman–Crippen MR) is 117 cm³/mol. The molecule has 0 spiro atoms. The second-order valence-corrected chi connectivity index (χ2v) is 7.20. The Morgan fingerprint density at radius 2 is 1.81 bits per heavy atom. The number of carbonyl (C=O) groups is 1. The van der Waals surface area contributed by atoms with E-state index in [0.717, 1.165) is 28.3 Å². The van der Waals surface area contributed by atoms with Crippen molar-refractivity contribution in [1.29, 1.82) is 0 Å². The molecule has 31 heavy (non-hydrogen) atoms. The molecular weight excluding hydrogens is 394 g/mol. The van der Waals surface area contributed by atoms with E-state index in [0.29, 0.717) is 6.54 Å². The highest BCUT2D eigenvalue weighted by molar-refractivity contribution is 5.92. The van der Waals surface area contributed by atoms with Gasteiger partial charge in [-0.05, 0) is 23.6 Å². The van der Waals surface area contributed by atoms with Crippen LogP contribution in [0.4, 0.5) is 0 Å². The van der Waals surface area contributed by atoms with Gasteiger partial charge in [-0.25, -0.2) is 4.79 Å². The largest absolute Gasteiger partial charge is 0.344 e. The average molecular weight is 415 g/mol. The van der Waals surface area contributed by atoms with Crippen LogP contribution in [0.1, 0.15) is 34.6 Å². The summed E-state index contributed by atoms with van der Waals surface area (Å²) < 4.78 is 1.87. The fourth-order valence-electron chi connectivity index (χ4n) is 3.44. The third-order valence-electron chi connectivity index (χ3n) is 4.91. The zero-order valence-electron chi connectivity index (χ0n) is 16.8. The van der Waals surface area contributed by atoms with Crippen LogP contribution in [0.5, 0.6) is 0 Å². The number of nitrogens with zero attached hydrogens (tertiary/aromatic N) is 2. The highest BCUT2D eigenvalue weighted by atomic mass is 16.2. The molecule has 0 fully saturated rings.